The van der Waals surface area contributed by atoms with E-state index in [-0.39, 0.29) is 5.91 Å². The molecule has 1 aromatic rings. The lowest BCUT2D eigenvalue weighted by Gasteiger charge is -1.96. The zero-order valence-electron chi connectivity index (χ0n) is 5.85. The van der Waals surface area contributed by atoms with Crippen molar-refractivity contribution in [1.29, 1.82) is 0 Å². The van der Waals surface area contributed by atoms with Gasteiger partial charge >= 0.3 is 0 Å². The second kappa shape index (κ2) is 3.06. The lowest BCUT2D eigenvalue weighted by Crippen LogP contribution is -2.08. The van der Waals surface area contributed by atoms with Gasteiger partial charge in [-0.2, -0.15) is 0 Å². The van der Waals surface area contributed by atoms with Gasteiger partial charge in [0.25, 0.3) is 0 Å². The largest absolute Gasteiger partial charge is 0.366 e. The van der Waals surface area contributed by atoms with Gasteiger partial charge in [0.2, 0.25) is 5.91 Å². The van der Waals surface area contributed by atoms with E-state index in [2.05, 4.69) is 10.3 Å². The molecule has 0 saturated carbocycles. The van der Waals surface area contributed by atoms with Crippen molar-refractivity contribution in [3.05, 3.63) is 18.5 Å². The Morgan fingerprint density at radius 3 is 3.10 bits per heavy atom. The van der Waals surface area contributed by atoms with Crippen LogP contribution in [0.2, 0.25) is 0 Å². The molecular formula is C7H10N2O. The van der Waals surface area contributed by atoms with E-state index in [9.17, 15) is 4.79 Å². The van der Waals surface area contributed by atoms with Gasteiger partial charge in [0.1, 0.15) is 0 Å². The normalized spacial score (nSPS) is 9.30. The molecule has 1 amide bonds. The van der Waals surface area contributed by atoms with E-state index in [4.69, 9.17) is 0 Å². The first-order chi connectivity index (χ1) is 4.83. The van der Waals surface area contributed by atoms with Gasteiger partial charge in [-0.1, -0.05) is 6.92 Å². The van der Waals surface area contributed by atoms with Crippen LogP contribution in [0, 0.1) is 0 Å². The van der Waals surface area contributed by atoms with Gasteiger partial charge in [-0.25, -0.2) is 0 Å². The molecule has 54 valence electrons. The molecular weight excluding hydrogens is 128 g/mol. The van der Waals surface area contributed by atoms with E-state index in [1.165, 1.54) is 0 Å². The van der Waals surface area contributed by atoms with E-state index < -0.39 is 0 Å². The quantitative estimate of drug-likeness (QED) is 0.636. The molecule has 0 aliphatic carbocycles. The van der Waals surface area contributed by atoms with Crippen LogP contribution in [-0.4, -0.2) is 10.9 Å². The molecule has 1 aromatic heterocycles. The maximum Gasteiger partial charge on any atom is 0.224 e. The van der Waals surface area contributed by atoms with Gasteiger partial charge in [-0.05, 0) is 6.07 Å². The summed E-state index contributed by atoms with van der Waals surface area (Å²) in [7, 11) is 0. The molecule has 0 saturated heterocycles. The predicted molar refractivity (Wildman–Crippen MR) is 39.7 cm³/mol. The van der Waals surface area contributed by atoms with Gasteiger partial charge in [-0.15, -0.1) is 0 Å². The molecule has 0 fully saturated rings. The number of hydrogen-bond acceptors (Lipinski definition) is 1. The van der Waals surface area contributed by atoms with Gasteiger partial charge in [-0.3, -0.25) is 4.79 Å². The third-order valence-electron chi connectivity index (χ3n) is 1.20. The maximum atomic E-state index is 10.8. The minimum absolute atomic E-state index is 0.0413. The van der Waals surface area contributed by atoms with Crippen molar-refractivity contribution in [2.45, 2.75) is 13.3 Å². The second-order valence-corrected chi connectivity index (χ2v) is 2.00. The van der Waals surface area contributed by atoms with E-state index >= 15 is 0 Å². The molecule has 0 atom stereocenters. The van der Waals surface area contributed by atoms with Gasteiger partial charge < -0.3 is 10.3 Å². The lowest BCUT2D eigenvalue weighted by atomic mass is 10.4. The summed E-state index contributed by atoms with van der Waals surface area (Å²) in [5.74, 6) is 0.0413. The lowest BCUT2D eigenvalue weighted by molar-refractivity contribution is -0.115. The van der Waals surface area contributed by atoms with E-state index in [0.29, 0.717) is 6.42 Å². The number of H-pyrrole nitrogens is 1. The van der Waals surface area contributed by atoms with Crippen molar-refractivity contribution in [1.82, 2.24) is 4.98 Å². The third-order valence-corrected chi connectivity index (χ3v) is 1.20. The number of carbonyl (C=O) groups is 1. The number of aromatic amines is 1. The van der Waals surface area contributed by atoms with Crippen LogP contribution < -0.4 is 5.32 Å². The molecule has 3 nitrogen and oxygen atoms in total. The molecule has 2 N–H and O–H groups in total. The molecule has 10 heavy (non-hydrogen) atoms. The van der Waals surface area contributed by atoms with E-state index in [0.717, 1.165) is 5.69 Å². The highest BCUT2D eigenvalue weighted by molar-refractivity contribution is 5.90. The Labute approximate surface area is 59.4 Å². The van der Waals surface area contributed by atoms with Crippen LogP contribution in [0.15, 0.2) is 18.5 Å². The van der Waals surface area contributed by atoms with Crippen LogP contribution in [0.1, 0.15) is 13.3 Å². The number of rotatable bonds is 2. The average molecular weight is 138 g/mol. The summed E-state index contributed by atoms with van der Waals surface area (Å²) in [5, 5.41) is 2.70. The van der Waals surface area contributed by atoms with Gasteiger partial charge in [0, 0.05) is 18.8 Å². The number of hydrogen-bond donors (Lipinski definition) is 2. The first-order valence-corrected chi connectivity index (χ1v) is 3.25. The molecule has 1 heterocycles. The van der Waals surface area contributed by atoms with E-state index in [1.807, 2.05) is 13.0 Å². The summed E-state index contributed by atoms with van der Waals surface area (Å²) in [6.07, 6.45) is 4.03. The fraction of sp³-hybridized carbons (Fsp3) is 0.286. The molecule has 0 radical (unpaired) electrons. The maximum absolute atomic E-state index is 10.8. The predicted octanol–water partition coefficient (Wildman–Crippen LogP) is 1.36. The number of anilines is 1. The van der Waals surface area contributed by atoms with Crippen LogP contribution in [0.3, 0.4) is 0 Å². The topological polar surface area (TPSA) is 44.9 Å². The Morgan fingerprint density at radius 2 is 2.60 bits per heavy atom. The Balaban J connectivity index is 2.48. The van der Waals surface area contributed by atoms with Crippen molar-refractivity contribution in [3.8, 4) is 0 Å². The fourth-order valence-corrected chi connectivity index (χ4v) is 0.651. The Hall–Kier alpha value is -1.25. The monoisotopic (exact) mass is 138 g/mol. The van der Waals surface area contributed by atoms with Crippen molar-refractivity contribution < 1.29 is 4.79 Å². The summed E-state index contributed by atoms with van der Waals surface area (Å²) in [6, 6.07) is 1.81. The average Bonchev–Trinajstić information content (AvgIpc) is 2.40. The van der Waals surface area contributed by atoms with Crippen LogP contribution in [0.5, 0.6) is 0 Å². The fourth-order valence-electron chi connectivity index (χ4n) is 0.651. The number of nitrogens with one attached hydrogen (secondary N) is 2. The highest BCUT2D eigenvalue weighted by atomic mass is 16.1. The van der Waals surface area contributed by atoms with Crippen molar-refractivity contribution in [2.75, 3.05) is 5.32 Å². The van der Waals surface area contributed by atoms with Crippen LogP contribution in [0.4, 0.5) is 5.69 Å². The summed E-state index contributed by atoms with van der Waals surface area (Å²) < 4.78 is 0. The summed E-state index contributed by atoms with van der Waals surface area (Å²) in [6.45, 7) is 1.82. The minimum Gasteiger partial charge on any atom is -0.366 e. The SMILES string of the molecule is CCC(=O)Nc1cc[nH]c1. The van der Waals surface area contributed by atoms with E-state index in [1.54, 1.807) is 12.4 Å². The summed E-state index contributed by atoms with van der Waals surface area (Å²) in [4.78, 5) is 13.6. The number of amides is 1. The van der Waals surface area contributed by atoms with Crippen molar-refractivity contribution in [2.24, 2.45) is 0 Å². The Kier molecular flexibility index (Phi) is 2.10. The van der Waals surface area contributed by atoms with Crippen molar-refractivity contribution in [3.63, 3.8) is 0 Å². The molecule has 0 unspecified atom stereocenters. The molecule has 3 heteroatoms. The van der Waals surface area contributed by atoms with Gasteiger partial charge in [0.15, 0.2) is 0 Å². The Morgan fingerprint density at radius 1 is 1.80 bits per heavy atom. The standard InChI is InChI=1S/C7H10N2O/c1-2-7(10)9-6-3-4-8-5-6/h3-5,8H,2H2,1H3,(H,9,10). The number of carbonyl (C=O) groups excluding carboxylic acids is 1. The molecule has 0 spiro atoms. The minimum atomic E-state index is 0.0413. The van der Waals surface area contributed by atoms with Crippen LogP contribution in [-0.2, 0) is 4.79 Å². The molecule has 0 aliphatic heterocycles. The summed E-state index contributed by atoms with van der Waals surface area (Å²) in [5.41, 5.74) is 0.826. The molecule has 1 rings (SSSR count). The highest BCUT2D eigenvalue weighted by Crippen LogP contribution is 2.03. The molecule has 0 bridgehead atoms. The first-order valence-electron chi connectivity index (χ1n) is 3.25. The van der Waals surface area contributed by atoms with Crippen LogP contribution >= 0.6 is 0 Å². The van der Waals surface area contributed by atoms with Crippen LogP contribution in [0.25, 0.3) is 0 Å². The summed E-state index contributed by atoms with van der Waals surface area (Å²) >= 11 is 0. The zero-order chi connectivity index (χ0) is 7.40. The second-order valence-electron chi connectivity index (χ2n) is 2.00. The van der Waals surface area contributed by atoms with Crippen molar-refractivity contribution >= 4 is 11.6 Å². The third kappa shape index (κ3) is 1.62. The highest BCUT2D eigenvalue weighted by Gasteiger charge is 1.96. The first kappa shape index (κ1) is 6.86. The number of aromatic nitrogens is 1. The Bertz CT molecular complexity index is 203. The smallest absolute Gasteiger partial charge is 0.224 e. The molecule has 0 aromatic carbocycles. The zero-order valence-corrected chi connectivity index (χ0v) is 5.85. The van der Waals surface area contributed by atoms with Gasteiger partial charge in [0.05, 0.1) is 5.69 Å². The molecule has 0 aliphatic rings.